The van der Waals surface area contributed by atoms with E-state index < -0.39 is 0 Å². The predicted molar refractivity (Wildman–Crippen MR) is 87.4 cm³/mol. The Balaban J connectivity index is 1.87. The molecule has 0 saturated heterocycles. The maximum absolute atomic E-state index is 3.59. The van der Waals surface area contributed by atoms with Gasteiger partial charge in [0.1, 0.15) is 0 Å². The van der Waals surface area contributed by atoms with Crippen molar-refractivity contribution >= 4 is 23.1 Å². The molecule has 0 aliphatic heterocycles. The molecule has 0 saturated carbocycles. The van der Waals surface area contributed by atoms with E-state index in [0.717, 1.165) is 18.7 Å². The molecule has 0 bridgehead atoms. The summed E-state index contributed by atoms with van der Waals surface area (Å²) in [7, 11) is 0. The Morgan fingerprint density at radius 2 is 2.00 bits per heavy atom. The molecule has 1 heterocycles. The van der Waals surface area contributed by atoms with Gasteiger partial charge in [-0.05, 0) is 43.5 Å². The molecular formula is C16H21NS2. The maximum atomic E-state index is 3.59. The van der Waals surface area contributed by atoms with Crippen LogP contribution in [0.2, 0.25) is 0 Å². The molecule has 1 unspecified atom stereocenters. The van der Waals surface area contributed by atoms with Crippen molar-refractivity contribution < 1.29 is 0 Å². The quantitative estimate of drug-likeness (QED) is 0.760. The fourth-order valence-corrected chi connectivity index (χ4v) is 3.73. The van der Waals surface area contributed by atoms with E-state index >= 15 is 0 Å². The summed E-state index contributed by atoms with van der Waals surface area (Å²) in [4.78, 5) is 2.83. The third-order valence-corrected chi connectivity index (χ3v) is 5.07. The zero-order chi connectivity index (χ0) is 13.5. The molecule has 0 amide bonds. The van der Waals surface area contributed by atoms with Crippen molar-refractivity contribution in [3.63, 3.8) is 0 Å². The molecule has 0 radical (unpaired) electrons. The van der Waals surface area contributed by atoms with Gasteiger partial charge in [-0.1, -0.05) is 30.7 Å². The van der Waals surface area contributed by atoms with Gasteiger partial charge in [-0.2, -0.15) is 0 Å². The zero-order valence-corrected chi connectivity index (χ0v) is 13.2. The van der Waals surface area contributed by atoms with E-state index in [1.807, 2.05) is 23.1 Å². The van der Waals surface area contributed by atoms with Crippen LogP contribution in [0.5, 0.6) is 0 Å². The summed E-state index contributed by atoms with van der Waals surface area (Å²) in [6.07, 6.45) is 1.13. The Labute approximate surface area is 124 Å². The number of thioether (sulfide) groups is 1. The van der Waals surface area contributed by atoms with Crippen molar-refractivity contribution in [2.75, 3.05) is 12.3 Å². The van der Waals surface area contributed by atoms with Crippen molar-refractivity contribution in [2.24, 2.45) is 0 Å². The number of thiophene rings is 1. The van der Waals surface area contributed by atoms with Crippen LogP contribution in [-0.4, -0.2) is 18.3 Å². The van der Waals surface area contributed by atoms with Crippen LogP contribution < -0.4 is 5.32 Å². The number of hydrogen-bond acceptors (Lipinski definition) is 3. The van der Waals surface area contributed by atoms with E-state index in [1.165, 1.54) is 15.3 Å². The summed E-state index contributed by atoms with van der Waals surface area (Å²) < 4.78 is 0. The normalized spacial score (nSPS) is 12.5. The van der Waals surface area contributed by atoms with E-state index in [1.54, 1.807) is 0 Å². The van der Waals surface area contributed by atoms with Gasteiger partial charge in [0.15, 0.2) is 0 Å². The Morgan fingerprint density at radius 1 is 1.21 bits per heavy atom. The van der Waals surface area contributed by atoms with Gasteiger partial charge < -0.3 is 5.32 Å². The average molecular weight is 291 g/mol. The number of hydrogen-bond donors (Lipinski definition) is 1. The minimum Gasteiger partial charge on any atom is -0.313 e. The smallest absolute Gasteiger partial charge is 0.0209 e. The van der Waals surface area contributed by atoms with Crippen molar-refractivity contribution in [3.8, 4) is 0 Å². The van der Waals surface area contributed by atoms with E-state index in [2.05, 4.69) is 60.9 Å². The third kappa shape index (κ3) is 5.01. The Kier molecular flexibility index (Phi) is 5.95. The Morgan fingerprint density at radius 3 is 2.63 bits per heavy atom. The second kappa shape index (κ2) is 7.73. The lowest BCUT2D eigenvalue weighted by Crippen LogP contribution is -2.32. The van der Waals surface area contributed by atoms with Crippen molar-refractivity contribution in [2.45, 2.75) is 31.2 Å². The van der Waals surface area contributed by atoms with Crippen LogP contribution in [0.4, 0.5) is 0 Å². The van der Waals surface area contributed by atoms with Crippen LogP contribution in [0.1, 0.15) is 17.4 Å². The Hall–Kier alpha value is -0.770. The van der Waals surface area contributed by atoms with Crippen molar-refractivity contribution in [3.05, 3.63) is 52.2 Å². The monoisotopic (exact) mass is 291 g/mol. The summed E-state index contributed by atoms with van der Waals surface area (Å²) >= 11 is 3.79. The highest BCUT2D eigenvalue weighted by Gasteiger charge is 2.09. The molecule has 2 rings (SSSR count). The van der Waals surface area contributed by atoms with Crippen LogP contribution in [0.15, 0.2) is 46.7 Å². The van der Waals surface area contributed by atoms with Gasteiger partial charge in [-0.15, -0.1) is 23.1 Å². The second-order valence-electron chi connectivity index (χ2n) is 4.66. The molecular weight excluding hydrogens is 270 g/mol. The molecule has 1 nitrogen and oxygen atoms in total. The van der Waals surface area contributed by atoms with Gasteiger partial charge in [0, 0.05) is 21.6 Å². The fraction of sp³-hybridized carbons (Fsp3) is 0.375. The summed E-state index contributed by atoms with van der Waals surface area (Å²) in [6, 6.07) is 13.7. The lowest BCUT2D eigenvalue weighted by atomic mass is 10.2. The molecule has 1 aromatic carbocycles. The van der Waals surface area contributed by atoms with Crippen LogP contribution in [0.3, 0.4) is 0 Å². The van der Waals surface area contributed by atoms with Gasteiger partial charge in [0.2, 0.25) is 0 Å². The maximum Gasteiger partial charge on any atom is 0.0209 e. The number of benzene rings is 1. The van der Waals surface area contributed by atoms with E-state index in [0.29, 0.717) is 6.04 Å². The van der Waals surface area contributed by atoms with E-state index in [4.69, 9.17) is 0 Å². The van der Waals surface area contributed by atoms with Gasteiger partial charge in [-0.3, -0.25) is 0 Å². The van der Waals surface area contributed by atoms with Crippen molar-refractivity contribution in [1.82, 2.24) is 5.32 Å². The van der Waals surface area contributed by atoms with Crippen LogP contribution in [0.25, 0.3) is 0 Å². The number of rotatable bonds is 7. The lowest BCUT2D eigenvalue weighted by molar-refractivity contribution is 0.576. The largest absolute Gasteiger partial charge is 0.313 e. The molecule has 3 heteroatoms. The average Bonchev–Trinajstić information content (AvgIpc) is 2.91. The molecule has 1 N–H and O–H groups in total. The molecule has 102 valence electrons. The van der Waals surface area contributed by atoms with Gasteiger partial charge in [0.25, 0.3) is 0 Å². The molecule has 0 aliphatic carbocycles. The highest BCUT2D eigenvalue weighted by molar-refractivity contribution is 7.99. The van der Waals surface area contributed by atoms with E-state index in [9.17, 15) is 0 Å². The minimum atomic E-state index is 0.551. The Bertz CT molecular complexity index is 462. The summed E-state index contributed by atoms with van der Waals surface area (Å²) in [5.74, 6) is 1.12. The molecule has 0 spiro atoms. The molecule has 0 fully saturated rings. The molecule has 1 aromatic heterocycles. The lowest BCUT2D eigenvalue weighted by Gasteiger charge is -2.16. The second-order valence-corrected chi connectivity index (χ2v) is 6.79. The van der Waals surface area contributed by atoms with Crippen LogP contribution in [0, 0.1) is 6.92 Å². The summed E-state index contributed by atoms with van der Waals surface area (Å²) in [6.45, 7) is 5.34. The zero-order valence-electron chi connectivity index (χ0n) is 11.6. The topological polar surface area (TPSA) is 12.0 Å². The molecule has 2 aromatic rings. The first-order chi connectivity index (χ1) is 9.28. The number of nitrogens with one attached hydrogen (secondary N) is 1. The minimum absolute atomic E-state index is 0.551. The van der Waals surface area contributed by atoms with Gasteiger partial charge in [0.05, 0.1) is 0 Å². The highest BCUT2D eigenvalue weighted by atomic mass is 32.2. The molecule has 1 atom stereocenters. The van der Waals surface area contributed by atoms with Crippen LogP contribution in [-0.2, 0) is 6.42 Å². The predicted octanol–water partition coefficient (Wildman–Crippen LogP) is 4.37. The van der Waals surface area contributed by atoms with E-state index in [-0.39, 0.29) is 0 Å². The van der Waals surface area contributed by atoms with Gasteiger partial charge >= 0.3 is 0 Å². The summed E-state index contributed by atoms with van der Waals surface area (Å²) in [5.41, 5.74) is 1.33. The SMILES string of the molecule is CCNC(CSc1ccc(C)cc1)Cc1cccs1. The molecule has 19 heavy (non-hydrogen) atoms. The van der Waals surface area contributed by atoms with Crippen LogP contribution >= 0.6 is 23.1 Å². The highest BCUT2D eigenvalue weighted by Crippen LogP contribution is 2.21. The van der Waals surface area contributed by atoms with Crippen molar-refractivity contribution in [1.29, 1.82) is 0 Å². The standard InChI is InChI=1S/C16H21NS2/c1-3-17-14(11-16-5-4-10-18-16)12-19-15-8-6-13(2)7-9-15/h4-10,14,17H,3,11-12H2,1-2H3. The number of aryl methyl sites for hydroxylation is 1. The fourth-order valence-electron chi connectivity index (χ4n) is 1.98. The third-order valence-electron chi connectivity index (χ3n) is 2.99. The molecule has 0 aliphatic rings. The first kappa shape index (κ1) is 14.6. The summed E-state index contributed by atoms with van der Waals surface area (Å²) in [5, 5.41) is 5.75. The van der Waals surface area contributed by atoms with Gasteiger partial charge in [-0.25, -0.2) is 0 Å². The number of likely N-dealkylation sites (N-methyl/N-ethyl adjacent to an activating group) is 1. The first-order valence-corrected chi connectivity index (χ1v) is 8.59. The first-order valence-electron chi connectivity index (χ1n) is 6.73.